The van der Waals surface area contributed by atoms with Gasteiger partial charge in [0.25, 0.3) is 0 Å². The van der Waals surface area contributed by atoms with Crippen LogP contribution in [0.5, 0.6) is 0 Å². The van der Waals surface area contributed by atoms with E-state index in [0.29, 0.717) is 12.2 Å². The van der Waals surface area contributed by atoms with Crippen LogP contribution in [-0.4, -0.2) is 33.7 Å². The molecular formula is C16H20N6O2. The smallest absolute Gasteiger partial charge is 0.248 e. The second-order valence-corrected chi connectivity index (χ2v) is 6.08. The molecule has 24 heavy (non-hydrogen) atoms. The van der Waals surface area contributed by atoms with Crippen molar-refractivity contribution in [2.24, 2.45) is 0 Å². The average molecular weight is 328 g/mol. The van der Waals surface area contributed by atoms with Crippen molar-refractivity contribution in [3.63, 3.8) is 0 Å². The molecule has 4 rings (SSSR count). The van der Waals surface area contributed by atoms with Gasteiger partial charge in [-0.1, -0.05) is 30.3 Å². The zero-order valence-corrected chi connectivity index (χ0v) is 13.2. The van der Waals surface area contributed by atoms with E-state index in [4.69, 9.17) is 4.74 Å². The zero-order valence-electron chi connectivity index (χ0n) is 13.2. The summed E-state index contributed by atoms with van der Waals surface area (Å²) < 4.78 is 5.55. The summed E-state index contributed by atoms with van der Waals surface area (Å²) in [4.78, 5) is 16.7. The van der Waals surface area contributed by atoms with Gasteiger partial charge in [0.1, 0.15) is 12.1 Å². The van der Waals surface area contributed by atoms with Crippen LogP contribution in [0.3, 0.4) is 0 Å². The number of aromatic amines is 1. The molecule has 0 spiro atoms. The number of H-pyrrole nitrogens is 1. The van der Waals surface area contributed by atoms with Crippen molar-refractivity contribution in [3.05, 3.63) is 41.7 Å². The van der Waals surface area contributed by atoms with Crippen molar-refractivity contribution in [3.8, 4) is 0 Å². The normalized spacial score (nSPS) is 26.6. The molecule has 3 heterocycles. The molecule has 126 valence electrons. The van der Waals surface area contributed by atoms with Gasteiger partial charge in [0.2, 0.25) is 11.9 Å². The Morgan fingerprint density at radius 2 is 2.12 bits per heavy atom. The molecule has 2 saturated heterocycles. The van der Waals surface area contributed by atoms with E-state index >= 15 is 0 Å². The minimum Gasteiger partial charge on any atom is -0.370 e. The number of carbonyl (C=O) groups excluding carboxylic acids is 1. The van der Waals surface area contributed by atoms with Gasteiger partial charge < -0.3 is 4.74 Å². The van der Waals surface area contributed by atoms with Crippen molar-refractivity contribution < 1.29 is 9.53 Å². The summed E-state index contributed by atoms with van der Waals surface area (Å²) in [5.41, 5.74) is 7.35. The molecule has 1 aromatic carbocycles. The van der Waals surface area contributed by atoms with Crippen LogP contribution >= 0.6 is 0 Å². The van der Waals surface area contributed by atoms with Crippen LogP contribution in [0.25, 0.3) is 0 Å². The number of rotatable bonds is 4. The third-order valence-corrected chi connectivity index (χ3v) is 4.39. The lowest BCUT2D eigenvalue weighted by Crippen LogP contribution is -2.39. The molecule has 2 aliphatic heterocycles. The van der Waals surface area contributed by atoms with E-state index in [1.165, 1.54) is 0 Å². The van der Waals surface area contributed by atoms with Crippen molar-refractivity contribution in [2.75, 3.05) is 11.9 Å². The fourth-order valence-electron chi connectivity index (χ4n) is 3.10. The van der Waals surface area contributed by atoms with Gasteiger partial charge in [-0.15, -0.1) is 5.10 Å². The zero-order chi connectivity index (χ0) is 16.4. The van der Waals surface area contributed by atoms with Crippen molar-refractivity contribution in [1.82, 2.24) is 26.0 Å². The van der Waals surface area contributed by atoms with Crippen molar-refractivity contribution in [2.45, 2.75) is 37.5 Å². The maximum Gasteiger partial charge on any atom is 0.248 e. The number of aromatic nitrogens is 3. The van der Waals surface area contributed by atoms with Crippen LogP contribution in [0, 0.1) is 0 Å². The van der Waals surface area contributed by atoms with Crippen LogP contribution in [0.1, 0.15) is 42.8 Å². The number of anilines is 1. The highest BCUT2D eigenvalue weighted by Gasteiger charge is 2.31. The lowest BCUT2D eigenvalue weighted by molar-refractivity contribution is -0.117. The second kappa shape index (κ2) is 6.68. The number of hydrazine groups is 1. The lowest BCUT2D eigenvalue weighted by Gasteiger charge is -2.09. The molecule has 3 atom stereocenters. The highest BCUT2D eigenvalue weighted by Crippen LogP contribution is 2.26. The summed E-state index contributed by atoms with van der Waals surface area (Å²) >= 11 is 0. The molecule has 0 aliphatic carbocycles. The highest BCUT2D eigenvalue weighted by atomic mass is 16.5. The molecule has 0 saturated carbocycles. The monoisotopic (exact) mass is 328 g/mol. The van der Waals surface area contributed by atoms with Crippen LogP contribution in [0.4, 0.5) is 5.95 Å². The van der Waals surface area contributed by atoms with Gasteiger partial charge in [-0.2, -0.15) is 4.98 Å². The molecule has 0 radical (unpaired) electrons. The average Bonchev–Trinajstić information content (AvgIpc) is 3.36. The molecule has 0 bridgehead atoms. The molecule has 1 amide bonds. The van der Waals surface area contributed by atoms with E-state index in [0.717, 1.165) is 25.0 Å². The van der Waals surface area contributed by atoms with E-state index in [1.807, 2.05) is 30.3 Å². The fraction of sp³-hybridized carbons (Fsp3) is 0.438. The Morgan fingerprint density at radius 3 is 2.92 bits per heavy atom. The summed E-state index contributed by atoms with van der Waals surface area (Å²) in [6, 6.07) is 9.82. The number of hydrogen-bond acceptors (Lipinski definition) is 6. The van der Waals surface area contributed by atoms with E-state index in [-0.39, 0.29) is 30.0 Å². The fourth-order valence-corrected chi connectivity index (χ4v) is 3.10. The first-order valence-corrected chi connectivity index (χ1v) is 8.20. The third kappa shape index (κ3) is 3.16. The van der Waals surface area contributed by atoms with Crippen LogP contribution in [-0.2, 0) is 9.53 Å². The van der Waals surface area contributed by atoms with E-state index in [2.05, 4.69) is 31.3 Å². The second-order valence-electron chi connectivity index (χ2n) is 6.08. The van der Waals surface area contributed by atoms with Gasteiger partial charge in [0.05, 0.1) is 0 Å². The van der Waals surface area contributed by atoms with Crippen molar-refractivity contribution >= 4 is 11.9 Å². The molecule has 8 heteroatoms. The Kier molecular flexibility index (Phi) is 4.24. The standard InChI is InChI=1S/C16H20N6O2/c23-15(12-9-11(19-20-12)10-5-2-1-3-6-10)18-16-17-14(21-22-16)13-7-4-8-24-13/h1-3,5-6,11-13,19-20H,4,7-9H2,(H2,17,18,21,22,23). The number of ether oxygens (including phenoxy) is 1. The third-order valence-electron chi connectivity index (χ3n) is 4.39. The van der Waals surface area contributed by atoms with Gasteiger partial charge in [-0.25, -0.2) is 10.9 Å². The molecule has 4 N–H and O–H groups in total. The minimum atomic E-state index is -0.333. The Balaban J connectivity index is 1.35. The number of hydrogen-bond donors (Lipinski definition) is 4. The largest absolute Gasteiger partial charge is 0.370 e. The van der Waals surface area contributed by atoms with E-state index in [9.17, 15) is 4.79 Å². The summed E-state index contributed by atoms with van der Waals surface area (Å²) in [6.45, 7) is 0.742. The van der Waals surface area contributed by atoms with E-state index < -0.39 is 0 Å². The van der Waals surface area contributed by atoms with E-state index in [1.54, 1.807) is 0 Å². The predicted molar refractivity (Wildman–Crippen MR) is 86.8 cm³/mol. The first-order valence-electron chi connectivity index (χ1n) is 8.20. The van der Waals surface area contributed by atoms with Crippen LogP contribution in [0.15, 0.2) is 30.3 Å². The SMILES string of the molecule is O=C(Nc1n[nH]c(C2CCCO2)n1)C1CC(c2ccccc2)NN1. The van der Waals surface area contributed by atoms with Crippen molar-refractivity contribution in [1.29, 1.82) is 0 Å². The van der Waals surface area contributed by atoms with Crippen LogP contribution in [0.2, 0.25) is 0 Å². The molecule has 2 aromatic rings. The number of benzene rings is 1. The summed E-state index contributed by atoms with van der Waals surface area (Å²) in [7, 11) is 0. The number of nitrogens with zero attached hydrogens (tertiary/aromatic N) is 2. The Hall–Kier alpha value is -2.29. The quantitative estimate of drug-likeness (QED) is 0.672. The molecule has 8 nitrogen and oxygen atoms in total. The first kappa shape index (κ1) is 15.3. The summed E-state index contributed by atoms with van der Waals surface area (Å²) in [5.74, 6) is 0.803. The number of nitrogens with one attached hydrogen (secondary N) is 4. The molecule has 2 aliphatic rings. The number of amides is 1. The maximum absolute atomic E-state index is 12.4. The highest BCUT2D eigenvalue weighted by molar-refractivity contribution is 5.93. The topological polar surface area (TPSA) is 104 Å². The molecular weight excluding hydrogens is 308 g/mol. The van der Waals surface area contributed by atoms with Gasteiger partial charge in [0.15, 0.2) is 5.82 Å². The van der Waals surface area contributed by atoms with Gasteiger partial charge >= 0.3 is 0 Å². The maximum atomic E-state index is 12.4. The Labute approximate surface area is 139 Å². The van der Waals surface area contributed by atoms with Gasteiger partial charge in [-0.3, -0.25) is 15.2 Å². The minimum absolute atomic E-state index is 0.0446. The van der Waals surface area contributed by atoms with Crippen LogP contribution < -0.4 is 16.2 Å². The molecule has 2 fully saturated rings. The Morgan fingerprint density at radius 1 is 1.25 bits per heavy atom. The lowest BCUT2D eigenvalue weighted by atomic mass is 10.0. The number of carbonyl (C=O) groups is 1. The summed E-state index contributed by atoms with van der Waals surface area (Å²) in [5, 5.41) is 9.64. The predicted octanol–water partition coefficient (Wildman–Crippen LogP) is 1.20. The Bertz CT molecular complexity index is 698. The van der Waals surface area contributed by atoms with Gasteiger partial charge in [-0.05, 0) is 24.8 Å². The first-order chi connectivity index (χ1) is 11.8. The summed E-state index contributed by atoms with van der Waals surface area (Å²) in [6.07, 6.45) is 2.57. The molecule has 3 unspecified atom stereocenters. The molecule has 1 aromatic heterocycles. The van der Waals surface area contributed by atoms with Gasteiger partial charge in [0, 0.05) is 12.6 Å².